The van der Waals surface area contributed by atoms with E-state index < -0.39 is 0 Å². The first-order valence-electron chi connectivity index (χ1n) is 5.19. The predicted octanol–water partition coefficient (Wildman–Crippen LogP) is 1.99. The number of aryl methyl sites for hydroxylation is 2. The van der Waals surface area contributed by atoms with Gasteiger partial charge in [0.05, 0.1) is 11.6 Å². The Morgan fingerprint density at radius 3 is 2.53 bits per heavy atom. The maximum atomic E-state index is 11.6. The van der Waals surface area contributed by atoms with Gasteiger partial charge in [0.25, 0.3) is 0 Å². The summed E-state index contributed by atoms with van der Waals surface area (Å²) in [4.78, 5) is 11.6. The van der Waals surface area contributed by atoms with Crippen LogP contribution in [0, 0.1) is 19.8 Å². The summed E-state index contributed by atoms with van der Waals surface area (Å²) in [6, 6.07) is 0. The van der Waals surface area contributed by atoms with E-state index >= 15 is 0 Å². The van der Waals surface area contributed by atoms with Gasteiger partial charge in [-0.15, -0.1) is 0 Å². The molecule has 0 aromatic carbocycles. The molecule has 0 saturated carbocycles. The molecule has 15 heavy (non-hydrogen) atoms. The van der Waals surface area contributed by atoms with Crippen LogP contribution >= 0.6 is 0 Å². The van der Waals surface area contributed by atoms with Crippen molar-refractivity contribution < 1.29 is 9.53 Å². The quantitative estimate of drug-likeness (QED) is 0.717. The molecule has 1 atom stereocenters. The third kappa shape index (κ3) is 2.37. The van der Waals surface area contributed by atoms with Crippen molar-refractivity contribution in [2.45, 2.75) is 34.1 Å². The molecule has 0 unspecified atom stereocenters. The van der Waals surface area contributed by atoms with Gasteiger partial charge < -0.3 is 4.74 Å². The molecular weight excluding hydrogens is 192 g/mol. The summed E-state index contributed by atoms with van der Waals surface area (Å²) in [5.41, 5.74) is 1.64. The van der Waals surface area contributed by atoms with E-state index in [-0.39, 0.29) is 11.9 Å². The Bertz CT molecular complexity index is 369. The zero-order valence-corrected chi connectivity index (χ0v) is 10.00. The number of aromatic nitrogens is 2. The molecule has 1 aromatic rings. The van der Waals surface area contributed by atoms with Gasteiger partial charge in [-0.25, -0.2) is 0 Å². The number of nitrogens with zero attached hydrogens (tertiary/aromatic N) is 2. The van der Waals surface area contributed by atoms with E-state index in [0.29, 0.717) is 5.75 Å². The maximum absolute atomic E-state index is 11.6. The Balaban J connectivity index is 2.85. The number of hydrogen-bond donors (Lipinski definition) is 0. The van der Waals surface area contributed by atoms with Crippen LogP contribution < -0.4 is 4.74 Å². The molecule has 0 bridgehead atoms. The van der Waals surface area contributed by atoms with Gasteiger partial charge in [0, 0.05) is 7.05 Å². The Kier molecular flexibility index (Phi) is 3.50. The van der Waals surface area contributed by atoms with E-state index in [1.54, 1.807) is 4.68 Å². The van der Waals surface area contributed by atoms with Crippen LogP contribution in [0.15, 0.2) is 0 Å². The number of esters is 1. The lowest BCUT2D eigenvalue weighted by Gasteiger charge is -2.08. The van der Waals surface area contributed by atoms with Crippen molar-refractivity contribution in [1.29, 1.82) is 0 Å². The smallest absolute Gasteiger partial charge is 0.314 e. The van der Waals surface area contributed by atoms with Crippen LogP contribution in [0.4, 0.5) is 0 Å². The lowest BCUT2D eigenvalue weighted by atomic mass is 10.1. The van der Waals surface area contributed by atoms with Gasteiger partial charge in [0.2, 0.25) is 0 Å². The highest BCUT2D eigenvalue weighted by molar-refractivity contribution is 5.75. The van der Waals surface area contributed by atoms with Gasteiger partial charge in [-0.3, -0.25) is 9.48 Å². The van der Waals surface area contributed by atoms with Crippen LogP contribution in [0.25, 0.3) is 0 Å². The van der Waals surface area contributed by atoms with Crippen LogP contribution in [0.2, 0.25) is 0 Å². The zero-order valence-electron chi connectivity index (χ0n) is 10.00. The summed E-state index contributed by atoms with van der Waals surface area (Å²) in [5, 5.41) is 4.19. The third-order valence-corrected chi connectivity index (χ3v) is 2.66. The number of rotatable bonds is 3. The fraction of sp³-hybridized carbons (Fsp3) is 0.636. The second kappa shape index (κ2) is 4.47. The number of carbonyl (C=O) groups excluding carboxylic acids is 1. The standard InChI is InChI=1S/C11H18N2O2/c1-6-7(2)11(14)15-10-8(3)12-13(5)9(10)4/h7H,6H2,1-5H3/t7-/m0/s1. The van der Waals surface area contributed by atoms with Gasteiger partial charge in [0.1, 0.15) is 5.69 Å². The minimum Gasteiger partial charge on any atom is -0.422 e. The molecule has 4 nitrogen and oxygen atoms in total. The largest absolute Gasteiger partial charge is 0.422 e. The molecule has 0 aliphatic heterocycles. The van der Waals surface area contributed by atoms with Crippen LogP contribution in [0.5, 0.6) is 5.75 Å². The molecule has 1 heterocycles. The van der Waals surface area contributed by atoms with Crippen LogP contribution in [0.1, 0.15) is 31.7 Å². The molecule has 0 fully saturated rings. The van der Waals surface area contributed by atoms with Crippen molar-refractivity contribution in [3.63, 3.8) is 0 Å². The molecule has 0 radical (unpaired) electrons. The highest BCUT2D eigenvalue weighted by atomic mass is 16.5. The first kappa shape index (κ1) is 11.8. The molecule has 0 spiro atoms. The van der Waals surface area contributed by atoms with E-state index in [0.717, 1.165) is 17.8 Å². The number of hydrogen-bond acceptors (Lipinski definition) is 3. The van der Waals surface area contributed by atoms with Gasteiger partial charge in [-0.2, -0.15) is 5.10 Å². The third-order valence-electron chi connectivity index (χ3n) is 2.66. The average Bonchev–Trinajstić information content (AvgIpc) is 2.43. The molecular formula is C11H18N2O2. The summed E-state index contributed by atoms with van der Waals surface area (Å²) in [6.07, 6.45) is 0.789. The summed E-state index contributed by atoms with van der Waals surface area (Å²) >= 11 is 0. The molecule has 1 aromatic heterocycles. The molecule has 0 amide bonds. The normalized spacial score (nSPS) is 12.6. The first-order chi connectivity index (χ1) is 6.97. The average molecular weight is 210 g/mol. The number of ether oxygens (including phenoxy) is 1. The topological polar surface area (TPSA) is 44.1 Å². The number of carbonyl (C=O) groups is 1. The van der Waals surface area contributed by atoms with Gasteiger partial charge in [-0.1, -0.05) is 13.8 Å². The van der Waals surface area contributed by atoms with Gasteiger partial charge in [0.15, 0.2) is 5.75 Å². The minimum absolute atomic E-state index is 0.0657. The van der Waals surface area contributed by atoms with Gasteiger partial charge >= 0.3 is 5.97 Å². The molecule has 1 rings (SSSR count). The van der Waals surface area contributed by atoms with E-state index in [2.05, 4.69) is 5.10 Å². The Morgan fingerprint density at radius 2 is 2.13 bits per heavy atom. The van der Waals surface area contributed by atoms with E-state index in [1.165, 1.54) is 0 Å². The summed E-state index contributed by atoms with van der Waals surface area (Å²) in [6.45, 7) is 7.56. The minimum atomic E-state index is -0.184. The van der Waals surface area contributed by atoms with Gasteiger partial charge in [-0.05, 0) is 20.3 Å². The highest BCUT2D eigenvalue weighted by Gasteiger charge is 2.18. The van der Waals surface area contributed by atoms with Crippen molar-refractivity contribution in [3.05, 3.63) is 11.4 Å². The van der Waals surface area contributed by atoms with E-state index in [9.17, 15) is 4.79 Å². The summed E-state index contributed by atoms with van der Waals surface area (Å²) < 4.78 is 7.04. The second-order valence-electron chi connectivity index (χ2n) is 3.85. The summed E-state index contributed by atoms with van der Waals surface area (Å²) in [5.74, 6) is 0.350. The van der Waals surface area contributed by atoms with Crippen molar-refractivity contribution in [2.75, 3.05) is 0 Å². The lowest BCUT2D eigenvalue weighted by Crippen LogP contribution is -2.17. The van der Waals surface area contributed by atoms with Crippen LogP contribution in [-0.2, 0) is 11.8 Å². The van der Waals surface area contributed by atoms with E-state index in [4.69, 9.17) is 4.74 Å². The Labute approximate surface area is 90.2 Å². The molecule has 0 N–H and O–H groups in total. The van der Waals surface area contributed by atoms with Crippen molar-refractivity contribution in [1.82, 2.24) is 9.78 Å². The molecule has 84 valence electrons. The molecule has 0 aliphatic carbocycles. The van der Waals surface area contributed by atoms with Crippen LogP contribution in [0.3, 0.4) is 0 Å². The first-order valence-corrected chi connectivity index (χ1v) is 5.19. The van der Waals surface area contributed by atoms with Crippen molar-refractivity contribution in [2.24, 2.45) is 13.0 Å². The Hall–Kier alpha value is -1.32. The molecule has 0 saturated heterocycles. The monoisotopic (exact) mass is 210 g/mol. The van der Waals surface area contributed by atoms with E-state index in [1.807, 2.05) is 34.7 Å². The summed E-state index contributed by atoms with van der Waals surface area (Å²) in [7, 11) is 1.84. The highest BCUT2D eigenvalue weighted by Crippen LogP contribution is 2.22. The Morgan fingerprint density at radius 1 is 1.53 bits per heavy atom. The fourth-order valence-electron chi connectivity index (χ4n) is 1.27. The second-order valence-corrected chi connectivity index (χ2v) is 3.85. The predicted molar refractivity (Wildman–Crippen MR) is 57.8 cm³/mol. The molecule has 4 heteroatoms. The van der Waals surface area contributed by atoms with Crippen LogP contribution in [-0.4, -0.2) is 15.7 Å². The van der Waals surface area contributed by atoms with Crippen molar-refractivity contribution >= 4 is 5.97 Å². The molecule has 0 aliphatic rings. The SMILES string of the molecule is CC[C@H](C)C(=O)Oc1c(C)nn(C)c1C. The maximum Gasteiger partial charge on any atom is 0.314 e. The lowest BCUT2D eigenvalue weighted by molar-refractivity contribution is -0.138. The zero-order chi connectivity index (χ0) is 11.6. The van der Waals surface area contributed by atoms with Crippen molar-refractivity contribution in [3.8, 4) is 5.75 Å². The fourth-order valence-corrected chi connectivity index (χ4v) is 1.27.